The van der Waals surface area contributed by atoms with Crippen LogP contribution in [0.4, 0.5) is 5.69 Å². The summed E-state index contributed by atoms with van der Waals surface area (Å²) in [5, 5.41) is 16.9. The van der Waals surface area contributed by atoms with E-state index in [1.54, 1.807) is 6.07 Å². The Labute approximate surface area is 230 Å². The van der Waals surface area contributed by atoms with Gasteiger partial charge >= 0.3 is 0 Å². The minimum atomic E-state index is -0.256. The van der Waals surface area contributed by atoms with Gasteiger partial charge in [-0.05, 0) is 74.4 Å². The molecule has 1 fully saturated rings. The maximum Gasteiger partial charge on any atom is 0.262 e. The summed E-state index contributed by atoms with van der Waals surface area (Å²) in [5.74, 6) is 0.599. The zero-order valence-corrected chi connectivity index (χ0v) is 22.9. The highest BCUT2D eigenvalue weighted by Gasteiger charge is 2.25. The van der Waals surface area contributed by atoms with Gasteiger partial charge in [-0.3, -0.25) is 9.59 Å². The molecule has 4 rings (SSSR count). The first-order valence-electron chi connectivity index (χ1n) is 14.0. The topological polar surface area (TPSA) is 90.9 Å². The van der Waals surface area contributed by atoms with Gasteiger partial charge in [0.2, 0.25) is 5.91 Å². The molecule has 0 radical (unpaired) electrons. The molecule has 0 aromatic heterocycles. The molecule has 0 bridgehead atoms. The Morgan fingerprint density at radius 3 is 2.74 bits per heavy atom. The van der Waals surface area contributed by atoms with E-state index in [1.807, 2.05) is 24.3 Å². The molecule has 8 heteroatoms. The Morgan fingerprint density at radius 2 is 1.92 bits per heavy atom. The first-order chi connectivity index (χ1) is 18.5. The van der Waals surface area contributed by atoms with Crippen LogP contribution in [0.15, 0.2) is 36.4 Å². The average Bonchev–Trinajstić information content (AvgIpc) is 2.92. The highest BCUT2D eigenvalue weighted by atomic mass is 35.5. The number of carbonyl (C=O) groups is 2. The molecule has 7 nitrogen and oxygen atoms in total. The maximum absolute atomic E-state index is 13.2. The normalized spacial score (nSPS) is 15.4. The molecule has 1 saturated carbocycles. The SMILES string of the molecule is O=C1COc2c(CCCCCN(C(=O)CCNCCc3cccc(Cl)c3)C3CCCCC3)ccc(O)c2N1. The van der Waals surface area contributed by atoms with Crippen molar-refractivity contribution in [1.82, 2.24) is 10.2 Å². The van der Waals surface area contributed by atoms with E-state index in [2.05, 4.69) is 21.6 Å². The number of aryl methyl sites for hydroxylation is 1. The number of hydrogen-bond donors (Lipinski definition) is 3. The van der Waals surface area contributed by atoms with E-state index in [-0.39, 0.29) is 24.2 Å². The Hall–Kier alpha value is -2.77. The summed E-state index contributed by atoms with van der Waals surface area (Å²) >= 11 is 6.07. The van der Waals surface area contributed by atoms with Crippen LogP contribution in [0.3, 0.4) is 0 Å². The van der Waals surface area contributed by atoms with E-state index in [9.17, 15) is 14.7 Å². The minimum Gasteiger partial charge on any atom is -0.506 e. The highest BCUT2D eigenvalue weighted by Crippen LogP contribution is 2.39. The Kier molecular flexibility index (Phi) is 10.7. The number of nitrogens with zero attached hydrogens (tertiary/aromatic N) is 1. The van der Waals surface area contributed by atoms with Gasteiger partial charge in [-0.2, -0.15) is 0 Å². The number of rotatable bonds is 13. The first kappa shape index (κ1) is 28.2. The monoisotopic (exact) mass is 541 g/mol. The molecular formula is C30H40ClN3O4. The van der Waals surface area contributed by atoms with E-state index in [1.165, 1.54) is 24.8 Å². The molecule has 2 aliphatic rings. The predicted octanol–water partition coefficient (Wildman–Crippen LogP) is 5.47. The Morgan fingerprint density at radius 1 is 1.08 bits per heavy atom. The average molecular weight is 542 g/mol. The van der Waals surface area contributed by atoms with Crippen molar-refractivity contribution >= 4 is 29.1 Å². The minimum absolute atomic E-state index is 0.0254. The van der Waals surface area contributed by atoms with Crippen LogP contribution < -0.4 is 15.4 Å². The number of hydrogen-bond acceptors (Lipinski definition) is 5. The Balaban J connectivity index is 1.21. The number of unbranched alkanes of at least 4 members (excludes halogenated alkanes) is 2. The van der Waals surface area contributed by atoms with Crippen LogP contribution in [0.2, 0.25) is 5.02 Å². The molecule has 0 saturated heterocycles. The molecule has 1 heterocycles. The molecule has 38 heavy (non-hydrogen) atoms. The van der Waals surface area contributed by atoms with E-state index >= 15 is 0 Å². The van der Waals surface area contributed by atoms with Crippen molar-refractivity contribution in [1.29, 1.82) is 0 Å². The molecule has 206 valence electrons. The smallest absolute Gasteiger partial charge is 0.262 e. The number of anilines is 1. The number of aromatic hydroxyl groups is 1. The molecule has 2 amide bonds. The zero-order chi connectivity index (χ0) is 26.7. The number of nitrogens with one attached hydrogen (secondary N) is 2. The fourth-order valence-corrected chi connectivity index (χ4v) is 5.69. The second-order valence-corrected chi connectivity index (χ2v) is 10.8. The molecule has 0 spiro atoms. The molecular weight excluding hydrogens is 502 g/mol. The van der Waals surface area contributed by atoms with Gasteiger partial charge in [0, 0.05) is 30.6 Å². The van der Waals surface area contributed by atoms with Gasteiger partial charge in [0.05, 0.1) is 0 Å². The number of carbonyl (C=O) groups excluding carboxylic acids is 2. The first-order valence-corrected chi connectivity index (χ1v) is 14.4. The van der Waals surface area contributed by atoms with Crippen LogP contribution in [0.25, 0.3) is 0 Å². The number of fused-ring (bicyclic) bond motifs is 1. The fourth-order valence-electron chi connectivity index (χ4n) is 5.48. The van der Waals surface area contributed by atoms with E-state index in [0.29, 0.717) is 30.4 Å². The van der Waals surface area contributed by atoms with Gasteiger partial charge in [-0.1, -0.05) is 55.5 Å². The van der Waals surface area contributed by atoms with Crippen LogP contribution in [-0.4, -0.2) is 54.1 Å². The van der Waals surface area contributed by atoms with Crippen molar-refractivity contribution < 1.29 is 19.4 Å². The summed E-state index contributed by atoms with van der Waals surface area (Å²) in [4.78, 5) is 27.0. The van der Waals surface area contributed by atoms with Gasteiger partial charge in [-0.25, -0.2) is 0 Å². The number of phenols is 1. The van der Waals surface area contributed by atoms with Gasteiger partial charge in [0.1, 0.15) is 11.4 Å². The number of ether oxygens (including phenoxy) is 1. The Bertz CT molecular complexity index is 1090. The molecule has 0 atom stereocenters. The van der Waals surface area contributed by atoms with Gasteiger partial charge < -0.3 is 25.4 Å². The van der Waals surface area contributed by atoms with E-state index in [4.69, 9.17) is 16.3 Å². The van der Waals surface area contributed by atoms with Crippen molar-refractivity contribution in [2.75, 3.05) is 31.6 Å². The highest BCUT2D eigenvalue weighted by molar-refractivity contribution is 6.30. The fraction of sp³-hybridized carbons (Fsp3) is 0.533. The van der Waals surface area contributed by atoms with Crippen LogP contribution >= 0.6 is 11.6 Å². The van der Waals surface area contributed by atoms with Crippen molar-refractivity contribution in [2.45, 2.75) is 76.7 Å². The summed E-state index contributed by atoms with van der Waals surface area (Å²) < 4.78 is 5.60. The van der Waals surface area contributed by atoms with Crippen molar-refractivity contribution in [3.63, 3.8) is 0 Å². The second kappa shape index (κ2) is 14.4. The van der Waals surface area contributed by atoms with Gasteiger partial charge in [-0.15, -0.1) is 0 Å². The summed E-state index contributed by atoms with van der Waals surface area (Å²) in [7, 11) is 0. The van der Waals surface area contributed by atoms with Crippen molar-refractivity contribution in [2.24, 2.45) is 0 Å². The molecule has 2 aromatic carbocycles. The van der Waals surface area contributed by atoms with Crippen LogP contribution in [-0.2, 0) is 22.4 Å². The number of amides is 2. The van der Waals surface area contributed by atoms with E-state index < -0.39 is 0 Å². The lowest BCUT2D eigenvalue weighted by Crippen LogP contribution is -2.43. The maximum atomic E-state index is 13.2. The molecule has 1 aliphatic heterocycles. The van der Waals surface area contributed by atoms with Crippen molar-refractivity contribution in [3.8, 4) is 11.5 Å². The third kappa shape index (κ3) is 8.11. The quantitative estimate of drug-likeness (QED) is 0.231. The molecule has 0 unspecified atom stereocenters. The number of halogens is 1. The van der Waals surface area contributed by atoms with Crippen molar-refractivity contribution in [3.05, 3.63) is 52.5 Å². The summed E-state index contributed by atoms with van der Waals surface area (Å²) in [6, 6.07) is 11.7. The largest absolute Gasteiger partial charge is 0.506 e. The second-order valence-electron chi connectivity index (χ2n) is 10.4. The number of phenolic OH excluding ortho intramolecular Hbond substituents is 1. The van der Waals surface area contributed by atoms with Crippen LogP contribution in [0.5, 0.6) is 11.5 Å². The third-order valence-electron chi connectivity index (χ3n) is 7.51. The molecule has 2 aromatic rings. The zero-order valence-electron chi connectivity index (χ0n) is 22.1. The lowest BCUT2D eigenvalue weighted by atomic mass is 9.93. The van der Waals surface area contributed by atoms with E-state index in [0.717, 1.165) is 68.6 Å². The van der Waals surface area contributed by atoms with Crippen LogP contribution in [0, 0.1) is 0 Å². The van der Waals surface area contributed by atoms with Gasteiger partial charge in [0.25, 0.3) is 5.91 Å². The lowest BCUT2D eigenvalue weighted by molar-refractivity contribution is -0.134. The standard InChI is InChI=1S/C30H40ClN3O4/c31-24-10-7-8-22(20-24)15-17-32-18-16-28(37)34(25-11-4-1-5-12-25)19-6-2-3-9-23-13-14-26(35)29-30(23)38-21-27(36)33-29/h7-8,10,13-14,20,25,32,35H,1-6,9,11-12,15-19,21H2,(H,33,36). The lowest BCUT2D eigenvalue weighted by Gasteiger charge is -2.34. The predicted molar refractivity (Wildman–Crippen MR) is 151 cm³/mol. The molecule has 3 N–H and O–H groups in total. The summed E-state index contributed by atoms with van der Waals surface area (Å²) in [6.45, 7) is 2.28. The third-order valence-corrected chi connectivity index (χ3v) is 7.74. The molecule has 1 aliphatic carbocycles. The summed E-state index contributed by atoms with van der Waals surface area (Å²) in [6.07, 6.45) is 11.0. The summed E-state index contributed by atoms with van der Waals surface area (Å²) in [5.41, 5.74) is 2.56. The van der Waals surface area contributed by atoms with Crippen LogP contribution in [0.1, 0.15) is 68.9 Å². The van der Waals surface area contributed by atoms with Gasteiger partial charge in [0.15, 0.2) is 12.4 Å². The number of benzene rings is 2.